The van der Waals surface area contributed by atoms with E-state index in [4.69, 9.17) is 0 Å². The standard InChI is InChI=1S/C65H41N/c1-4-16-42(17-5-1)43-34-36-49(37-35-43)66(50-38-39-52-51-25-10-11-31-58(51)65(59(52)41-50,47-21-6-2-7-22-47)48-23-8-3-9-24-48)60-40-46-20-14-28-54-53-26-12-18-44-32-33-45-19-13-27-55(62(45)61(44)53)56-29-15-30-57(60)64(56)63(46)54/h1-41H. The number of hydrogen-bond donors (Lipinski definition) is 0. The smallest absolute Gasteiger partial charge is 0.0714 e. The highest BCUT2D eigenvalue weighted by molar-refractivity contribution is 6.38. The summed E-state index contributed by atoms with van der Waals surface area (Å²) in [6.45, 7) is 0. The van der Waals surface area contributed by atoms with E-state index in [1.165, 1.54) is 109 Å². The van der Waals surface area contributed by atoms with E-state index in [2.05, 4.69) is 254 Å². The van der Waals surface area contributed by atoms with E-state index in [1.54, 1.807) is 0 Å². The first-order valence-electron chi connectivity index (χ1n) is 23.0. The van der Waals surface area contributed by atoms with Gasteiger partial charge in [-0.25, -0.2) is 0 Å². The molecule has 0 saturated carbocycles. The second kappa shape index (κ2) is 14.2. The molecule has 0 bridgehead atoms. The fraction of sp³-hybridized carbons (Fsp3) is 0.0154. The van der Waals surface area contributed by atoms with Gasteiger partial charge in [0, 0.05) is 22.1 Å². The van der Waals surface area contributed by atoms with Gasteiger partial charge in [0.1, 0.15) is 0 Å². The van der Waals surface area contributed by atoms with Gasteiger partial charge in [0.05, 0.1) is 11.1 Å². The minimum absolute atomic E-state index is 0.537. The summed E-state index contributed by atoms with van der Waals surface area (Å²) in [6, 6.07) is 93.0. The van der Waals surface area contributed by atoms with Crippen LogP contribution in [0.5, 0.6) is 0 Å². The summed E-state index contributed by atoms with van der Waals surface area (Å²) in [7, 11) is 0. The van der Waals surface area contributed by atoms with E-state index in [9.17, 15) is 0 Å². The quantitative estimate of drug-likeness (QED) is 0.151. The fourth-order valence-electron chi connectivity index (χ4n) is 11.9. The topological polar surface area (TPSA) is 3.24 Å². The lowest BCUT2D eigenvalue weighted by molar-refractivity contribution is 0.768. The molecule has 0 saturated heterocycles. The molecule has 0 fully saturated rings. The van der Waals surface area contributed by atoms with Gasteiger partial charge in [0.25, 0.3) is 0 Å². The lowest BCUT2D eigenvalue weighted by Crippen LogP contribution is -2.28. The van der Waals surface area contributed by atoms with Gasteiger partial charge >= 0.3 is 0 Å². The Bertz CT molecular complexity index is 3980. The summed E-state index contributed by atoms with van der Waals surface area (Å²) in [4.78, 5) is 2.53. The highest BCUT2D eigenvalue weighted by Crippen LogP contribution is 2.58. The van der Waals surface area contributed by atoms with E-state index in [0.29, 0.717) is 0 Å². The molecule has 1 nitrogen and oxygen atoms in total. The molecular formula is C65H41N. The van der Waals surface area contributed by atoms with Crippen molar-refractivity contribution in [2.75, 3.05) is 4.90 Å². The van der Waals surface area contributed by atoms with Gasteiger partial charge in [-0.15, -0.1) is 0 Å². The average molecular weight is 836 g/mol. The minimum Gasteiger partial charge on any atom is -0.310 e. The summed E-state index contributed by atoms with van der Waals surface area (Å²) < 4.78 is 0. The number of nitrogens with zero attached hydrogens (tertiary/aromatic N) is 1. The van der Waals surface area contributed by atoms with Gasteiger partial charge < -0.3 is 4.90 Å². The molecule has 13 aromatic rings. The van der Waals surface area contributed by atoms with E-state index in [1.807, 2.05) is 0 Å². The highest BCUT2D eigenvalue weighted by Gasteiger charge is 2.46. The van der Waals surface area contributed by atoms with Crippen molar-refractivity contribution < 1.29 is 0 Å². The number of rotatable bonds is 6. The Morgan fingerprint density at radius 1 is 0.273 bits per heavy atom. The molecule has 0 radical (unpaired) electrons. The van der Waals surface area contributed by atoms with E-state index < -0.39 is 5.41 Å². The molecule has 0 aromatic heterocycles. The Balaban J connectivity index is 1.11. The molecule has 0 heterocycles. The Kier molecular flexibility index (Phi) is 7.97. The zero-order valence-electron chi connectivity index (χ0n) is 36.1. The Morgan fingerprint density at radius 3 is 1.38 bits per heavy atom. The van der Waals surface area contributed by atoms with Crippen LogP contribution >= 0.6 is 0 Å². The van der Waals surface area contributed by atoms with Crippen LogP contribution in [0.4, 0.5) is 17.1 Å². The number of hydrogen-bond acceptors (Lipinski definition) is 1. The molecular weight excluding hydrogens is 795 g/mol. The highest BCUT2D eigenvalue weighted by atomic mass is 15.1. The van der Waals surface area contributed by atoms with Crippen molar-refractivity contribution in [2.45, 2.75) is 5.41 Å². The normalized spacial score (nSPS) is 13.0. The molecule has 0 aliphatic heterocycles. The molecule has 0 amide bonds. The van der Waals surface area contributed by atoms with Crippen molar-refractivity contribution >= 4 is 81.7 Å². The number of anilines is 3. The van der Waals surface area contributed by atoms with Crippen molar-refractivity contribution in [3.05, 3.63) is 271 Å². The zero-order valence-corrected chi connectivity index (χ0v) is 36.1. The zero-order chi connectivity index (χ0) is 43.3. The Morgan fingerprint density at radius 2 is 0.742 bits per heavy atom. The number of fused-ring (bicyclic) bond motifs is 5. The molecule has 0 spiro atoms. The molecule has 14 rings (SSSR count). The third-order valence-corrected chi connectivity index (χ3v) is 14.6. The lowest BCUT2D eigenvalue weighted by atomic mass is 9.67. The van der Waals surface area contributed by atoms with Crippen molar-refractivity contribution in [1.82, 2.24) is 0 Å². The average Bonchev–Trinajstić information content (AvgIpc) is 3.69. The summed E-state index contributed by atoms with van der Waals surface area (Å²) in [5, 5.41) is 15.3. The number of benzene rings is 12. The first-order valence-corrected chi connectivity index (χ1v) is 23.0. The van der Waals surface area contributed by atoms with Crippen LogP contribution in [0.3, 0.4) is 0 Å². The maximum atomic E-state index is 2.53. The van der Waals surface area contributed by atoms with Gasteiger partial charge in [-0.1, -0.05) is 218 Å². The van der Waals surface area contributed by atoms with E-state index >= 15 is 0 Å². The van der Waals surface area contributed by atoms with Crippen molar-refractivity contribution in [3.63, 3.8) is 0 Å². The predicted octanol–water partition coefficient (Wildman–Crippen LogP) is 17.5. The largest absolute Gasteiger partial charge is 0.310 e. The second-order valence-corrected chi connectivity index (χ2v) is 17.9. The molecule has 1 aliphatic rings. The van der Waals surface area contributed by atoms with Crippen LogP contribution in [0, 0.1) is 0 Å². The third-order valence-electron chi connectivity index (χ3n) is 14.6. The van der Waals surface area contributed by atoms with Crippen LogP contribution in [-0.4, -0.2) is 0 Å². The molecule has 1 heteroatoms. The van der Waals surface area contributed by atoms with Crippen LogP contribution in [0.1, 0.15) is 22.3 Å². The fourth-order valence-corrected chi connectivity index (χ4v) is 11.9. The van der Waals surface area contributed by atoms with E-state index in [0.717, 1.165) is 17.1 Å². The first-order chi connectivity index (χ1) is 32.8. The van der Waals surface area contributed by atoms with Gasteiger partial charge in [-0.2, -0.15) is 0 Å². The molecule has 66 heavy (non-hydrogen) atoms. The van der Waals surface area contributed by atoms with Gasteiger partial charge in [-0.3, -0.25) is 0 Å². The molecule has 0 unspecified atom stereocenters. The molecule has 0 N–H and O–H groups in total. The van der Waals surface area contributed by atoms with Crippen molar-refractivity contribution in [2.24, 2.45) is 0 Å². The SMILES string of the molecule is c1ccc(-c2ccc(N(c3ccc4c(c3)C(c3ccccc3)(c3ccccc3)c3ccccc3-4)c3cc4cccc5c6cccc7ccc8cccc(c9cccc3c9c45)c8c76)cc2)cc1. The van der Waals surface area contributed by atoms with Crippen molar-refractivity contribution in [3.8, 4) is 22.3 Å². The molecule has 13 aromatic carbocycles. The first kappa shape index (κ1) is 36.9. The molecule has 1 aliphatic carbocycles. The van der Waals surface area contributed by atoms with Crippen LogP contribution < -0.4 is 4.90 Å². The Hall–Kier alpha value is -8.52. The molecule has 0 atom stereocenters. The lowest BCUT2D eigenvalue weighted by Gasteiger charge is -2.35. The molecule has 306 valence electrons. The summed E-state index contributed by atoms with van der Waals surface area (Å²) in [5.74, 6) is 0. The van der Waals surface area contributed by atoms with E-state index in [-0.39, 0.29) is 0 Å². The summed E-state index contributed by atoms with van der Waals surface area (Å²) >= 11 is 0. The summed E-state index contributed by atoms with van der Waals surface area (Å²) in [5.41, 5.74) is 12.8. The maximum Gasteiger partial charge on any atom is 0.0714 e. The van der Waals surface area contributed by atoms with Gasteiger partial charge in [0.2, 0.25) is 0 Å². The van der Waals surface area contributed by atoms with Crippen molar-refractivity contribution in [1.29, 1.82) is 0 Å². The van der Waals surface area contributed by atoms with Gasteiger partial charge in [-0.05, 0) is 129 Å². The van der Waals surface area contributed by atoms with Gasteiger partial charge in [0.15, 0.2) is 0 Å². The third kappa shape index (κ3) is 5.17. The maximum absolute atomic E-state index is 2.53. The van der Waals surface area contributed by atoms with Crippen LogP contribution in [0.15, 0.2) is 249 Å². The van der Waals surface area contributed by atoms with Crippen LogP contribution in [0.25, 0.3) is 86.9 Å². The monoisotopic (exact) mass is 835 g/mol. The summed E-state index contributed by atoms with van der Waals surface area (Å²) in [6.07, 6.45) is 0. The minimum atomic E-state index is -0.537. The Labute approximate surface area is 383 Å². The predicted molar refractivity (Wildman–Crippen MR) is 280 cm³/mol. The second-order valence-electron chi connectivity index (χ2n) is 17.9. The van der Waals surface area contributed by atoms with Crippen LogP contribution in [0.2, 0.25) is 0 Å². The van der Waals surface area contributed by atoms with Crippen LogP contribution in [-0.2, 0) is 5.41 Å².